The van der Waals surface area contributed by atoms with Gasteiger partial charge in [-0.2, -0.15) is 5.10 Å². The van der Waals surface area contributed by atoms with Crippen LogP contribution in [0.1, 0.15) is 11.3 Å². The van der Waals surface area contributed by atoms with Crippen molar-refractivity contribution in [3.8, 4) is 0 Å². The maximum absolute atomic E-state index is 13.1. The summed E-state index contributed by atoms with van der Waals surface area (Å²) in [5.41, 5.74) is 2.23. The summed E-state index contributed by atoms with van der Waals surface area (Å²) in [6.07, 6.45) is 5.65. The second-order valence-corrected chi connectivity index (χ2v) is 7.12. The number of anilines is 1. The van der Waals surface area contributed by atoms with Gasteiger partial charge in [-0.25, -0.2) is 4.68 Å². The van der Waals surface area contributed by atoms with Gasteiger partial charge >= 0.3 is 0 Å². The maximum atomic E-state index is 13.1. The largest absolute Gasteiger partial charge is 0.307 e. The van der Waals surface area contributed by atoms with Gasteiger partial charge in [0, 0.05) is 36.4 Å². The van der Waals surface area contributed by atoms with E-state index in [2.05, 4.69) is 16.7 Å². The summed E-state index contributed by atoms with van der Waals surface area (Å²) >= 11 is 0. The van der Waals surface area contributed by atoms with Crippen LogP contribution in [0.5, 0.6) is 0 Å². The Morgan fingerprint density at radius 3 is 2.35 bits per heavy atom. The number of pyridine rings is 1. The van der Waals surface area contributed by atoms with Crippen LogP contribution in [0.2, 0.25) is 0 Å². The van der Waals surface area contributed by atoms with Gasteiger partial charge in [0.25, 0.3) is 5.56 Å². The molecule has 1 amide bonds. The van der Waals surface area contributed by atoms with Crippen molar-refractivity contribution in [3.05, 3.63) is 113 Å². The molecule has 0 saturated carbocycles. The highest BCUT2D eigenvalue weighted by molar-refractivity contribution is 5.93. The average molecular weight is 410 g/mol. The van der Waals surface area contributed by atoms with Crippen molar-refractivity contribution in [1.29, 1.82) is 0 Å². The molecule has 0 aliphatic rings. The van der Waals surface area contributed by atoms with Crippen molar-refractivity contribution < 1.29 is 4.79 Å². The van der Waals surface area contributed by atoms with Gasteiger partial charge in [0.05, 0.1) is 11.1 Å². The van der Waals surface area contributed by atoms with Crippen molar-refractivity contribution in [2.24, 2.45) is 0 Å². The molecule has 4 aromatic rings. The number of aromatic nitrogens is 3. The summed E-state index contributed by atoms with van der Waals surface area (Å²) in [6, 6.07) is 20.5. The zero-order valence-electron chi connectivity index (χ0n) is 17.0. The maximum Gasteiger partial charge on any atom is 0.275 e. The van der Waals surface area contributed by atoms with Gasteiger partial charge in [-0.15, -0.1) is 6.58 Å². The van der Waals surface area contributed by atoms with Gasteiger partial charge in [0.2, 0.25) is 5.91 Å². The molecule has 6 nitrogen and oxygen atoms in total. The van der Waals surface area contributed by atoms with Gasteiger partial charge in [-0.3, -0.25) is 14.6 Å². The molecule has 0 spiro atoms. The van der Waals surface area contributed by atoms with E-state index in [4.69, 9.17) is 0 Å². The van der Waals surface area contributed by atoms with Crippen LogP contribution in [0.15, 0.2) is 96.6 Å². The molecular weight excluding hydrogens is 388 g/mol. The Hall–Kier alpha value is -4.06. The normalized spacial score (nSPS) is 10.7. The van der Waals surface area contributed by atoms with E-state index in [1.807, 2.05) is 60.7 Å². The minimum Gasteiger partial charge on any atom is -0.307 e. The Kier molecular flexibility index (Phi) is 5.98. The molecule has 0 aliphatic heterocycles. The zero-order valence-corrected chi connectivity index (χ0v) is 17.0. The number of hydrogen-bond acceptors (Lipinski definition) is 4. The molecule has 0 atom stereocenters. The highest BCUT2D eigenvalue weighted by Gasteiger charge is 2.18. The molecular formula is C25H22N4O2. The molecule has 0 radical (unpaired) electrons. The van der Waals surface area contributed by atoms with Crippen LogP contribution >= 0.6 is 0 Å². The fourth-order valence-electron chi connectivity index (χ4n) is 3.54. The first kappa shape index (κ1) is 20.2. The molecule has 0 bridgehead atoms. The Morgan fingerprint density at radius 1 is 0.968 bits per heavy atom. The first-order valence-electron chi connectivity index (χ1n) is 10.0. The first-order chi connectivity index (χ1) is 15.2. The standard InChI is InChI=1S/C25H22N4O2/c1-2-16-28(20-8-4-3-5-9-20)24(30)18-29-25(31)22-11-7-6-10-21(22)23(27-29)17-19-12-14-26-15-13-19/h2-15H,1,16-18H2. The smallest absolute Gasteiger partial charge is 0.275 e. The minimum absolute atomic E-state index is 0.157. The summed E-state index contributed by atoms with van der Waals surface area (Å²) in [4.78, 5) is 31.9. The van der Waals surface area contributed by atoms with Crippen molar-refractivity contribution >= 4 is 22.4 Å². The Balaban J connectivity index is 1.73. The number of carbonyl (C=O) groups excluding carboxylic acids is 1. The van der Waals surface area contributed by atoms with E-state index < -0.39 is 0 Å². The molecule has 0 N–H and O–H groups in total. The van der Waals surface area contributed by atoms with E-state index in [1.54, 1.807) is 29.4 Å². The number of amides is 1. The summed E-state index contributed by atoms with van der Waals surface area (Å²) in [5.74, 6) is -0.231. The number of rotatable bonds is 7. The third-order valence-corrected chi connectivity index (χ3v) is 5.03. The van der Waals surface area contributed by atoms with E-state index in [0.717, 1.165) is 22.3 Å². The number of hydrogen-bond donors (Lipinski definition) is 0. The molecule has 0 unspecified atom stereocenters. The van der Waals surface area contributed by atoms with Crippen molar-refractivity contribution in [3.63, 3.8) is 0 Å². The fourth-order valence-corrected chi connectivity index (χ4v) is 3.54. The van der Waals surface area contributed by atoms with Crippen molar-refractivity contribution in [2.45, 2.75) is 13.0 Å². The summed E-state index contributed by atoms with van der Waals surface area (Å²) in [6.45, 7) is 3.94. The number of para-hydroxylation sites is 1. The average Bonchev–Trinajstić information content (AvgIpc) is 2.81. The monoisotopic (exact) mass is 410 g/mol. The van der Waals surface area contributed by atoms with Crippen molar-refractivity contribution in [2.75, 3.05) is 11.4 Å². The molecule has 154 valence electrons. The predicted molar refractivity (Wildman–Crippen MR) is 122 cm³/mol. The topological polar surface area (TPSA) is 68.1 Å². The summed E-state index contributed by atoms with van der Waals surface area (Å²) < 4.78 is 1.26. The van der Waals surface area contributed by atoms with Gasteiger partial charge in [-0.1, -0.05) is 42.5 Å². The van der Waals surface area contributed by atoms with Crippen LogP contribution in [-0.2, 0) is 17.8 Å². The van der Waals surface area contributed by atoms with Crippen LogP contribution in [-0.4, -0.2) is 27.2 Å². The van der Waals surface area contributed by atoms with Crippen molar-refractivity contribution in [1.82, 2.24) is 14.8 Å². The predicted octanol–water partition coefficient (Wildman–Crippen LogP) is 3.60. The third-order valence-electron chi connectivity index (χ3n) is 5.03. The van der Waals surface area contributed by atoms with Gasteiger partial charge in [0.1, 0.15) is 6.54 Å². The van der Waals surface area contributed by atoms with Crippen LogP contribution < -0.4 is 10.5 Å². The Bertz CT molecular complexity index is 1270. The lowest BCUT2D eigenvalue weighted by molar-refractivity contribution is -0.119. The van der Waals surface area contributed by atoms with E-state index in [9.17, 15) is 9.59 Å². The highest BCUT2D eigenvalue weighted by Crippen LogP contribution is 2.18. The van der Waals surface area contributed by atoms with Gasteiger partial charge in [0.15, 0.2) is 0 Å². The van der Waals surface area contributed by atoms with E-state index in [0.29, 0.717) is 18.4 Å². The van der Waals surface area contributed by atoms with E-state index in [-0.39, 0.29) is 18.0 Å². The van der Waals surface area contributed by atoms with Gasteiger partial charge < -0.3 is 4.90 Å². The van der Waals surface area contributed by atoms with Crippen LogP contribution in [0.3, 0.4) is 0 Å². The second-order valence-electron chi connectivity index (χ2n) is 7.12. The lowest BCUT2D eigenvalue weighted by Gasteiger charge is -2.21. The lowest BCUT2D eigenvalue weighted by Crippen LogP contribution is -2.38. The van der Waals surface area contributed by atoms with E-state index in [1.165, 1.54) is 4.68 Å². The highest BCUT2D eigenvalue weighted by atomic mass is 16.2. The van der Waals surface area contributed by atoms with Crippen LogP contribution in [0.4, 0.5) is 5.69 Å². The number of nitrogens with zero attached hydrogens (tertiary/aromatic N) is 4. The lowest BCUT2D eigenvalue weighted by atomic mass is 10.1. The Morgan fingerprint density at radius 2 is 1.65 bits per heavy atom. The molecule has 2 aromatic carbocycles. The van der Waals surface area contributed by atoms with Crippen LogP contribution in [0, 0.1) is 0 Å². The molecule has 31 heavy (non-hydrogen) atoms. The molecule has 6 heteroatoms. The number of carbonyl (C=O) groups is 1. The van der Waals surface area contributed by atoms with E-state index >= 15 is 0 Å². The number of benzene rings is 2. The van der Waals surface area contributed by atoms with Gasteiger partial charge in [-0.05, 0) is 35.9 Å². The first-order valence-corrected chi connectivity index (χ1v) is 10.0. The SMILES string of the molecule is C=CCN(C(=O)Cn1nc(Cc2ccncc2)c2ccccc2c1=O)c1ccccc1. The second kappa shape index (κ2) is 9.17. The zero-order chi connectivity index (χ0) is 21.6. The van der Waals surface area contributed by atoms with Crippen LogP contribution in [0.25, 0.3) is 10.8 Å². The molecule has 0 aliphatic carbocycles. The quantitative estimate of drug-likeness (QED) is 0.437. The number of fused-ring (bicyclic) bond motifs is 1. The summed E-state index contributed by atoms with van der Waals surface area (Å²) in [7, 11) is 0. The minimum atomic E-state index is -0.283. The Labute approximate surface area is 180 Å². The summed E-state index contributed by atoms with van der Waals surface area (Å²) in [5, 5.41) is 5.92. The molecule has 2 heterocycles. The molecule has 0 saturated heterocycles. The molecule has 4 rings (SSSR count). The molecule has 0 fully saturated rings. The fraction of sp³-hybridized carbons (Fsp3) is 0.120. The third kappa shape index (κ3) is 4.43. The molecule has 2 aromatic heterocycles.